The Morgan fingerprint density at radius 2 is 1.81 bits per heavy atom. The average Bonchev–Trinajstić information content (AvgIpc) is 2.82. The van der Waals surface area contributed by atoms with E-state index in [0.717, 1.165) is 12.8 Å². The van der Waals surface area contributed by atoms with Gasteiger partial charge in [0.1, 0.15) is 0 Å². The lowest BCUT2D eigenvalue weighted by Gasteiger charge is -2.17. The second-order valence-electron chi connectivity index (χ2n) is 3.61. The SMILES string of the molecule is COC(CNC(=O)C(=O)N1CCCC1)OC. The summed E-state index contributed by atoms with van der Waals surface area (Å²) in [6, 6.07) is 0. The van der Waals surface area contributed by atoms with Crippen LogP contribution in [0, 0.1) is 0 Å². The van der Waals surface area contributed by atoms with Crippen molar-refractivity contribution in [1.29, 1.82) is 0 Å². The van der Waals surface area contributed by atoms with Crippen LogP contribution in [0.5, 0.6) is 0 Å². The molecule has 1 N–H and O–H groups in total. The summed E-state index contributed by atoms with van der Waals surface area (Å²) in [5.41, 5.74) is 0. The van der Waals surface area contributed by atoms with Gasteiger partial charge in [0.2, 0.25) is 0 Å². The largest absolute Gasteiger partial charge is 0.354 e. The molecule has 6 heteroatoms. The molecule has 0 aliphatic carbocycles. The van der Waals surface area contributed by atoms with Crippen molar-refractivity contribution in [2.75, 3.05) is 33.9 Å². The van der Waals surface area contributed by atoms with Gasteiger partial charge in [-0.1, -0.05) is 0 Å². The highest BCUT2D eigenvalue weighted by Crippen LogP contribution is 2.07. The summed E-state index contributed by atoms with van der Waals surface area (Å²) in [6.45, 7) is 1.51. The molecule has 16 heavy (non-hydrogen) atoms. The highest BCUT2D eigenvalue weighted by molar-refractivity contribution is 6.35. The summed E-state index contributed by atoms with van der Waals surface area (Å²) in [4.78, 5) is 24.6. The normalized spacial score (nSPS) is 15.6. The van der Waals surface area contributed by atoms with Crippen LogP contribution in [0.2, 0.25) is 0 Å². The van der Waals surface area contributed by atoms with Crippen molar-refractivity contribution in [3.05, 3.63) is 0 Å². The number of hydrogen-bond donors (Lipinski definition) is 1. The van der Waals surface area contributed by atoms with E-state index in [0.29, 0.717) is 13.1 Å². The van der Waals surface area contributed by atoms with Crippen LogP contribution in [0.15, 0.2) is 0 Å². The van der Waals surface area contributed by atoms with Crippen LogP contribution in [0.1, 0.15) is 12.8 Å². The van der Waals surface area contributed by atoms with Gasteiger partial charge in [-0.2, -0.15) is 0 Å². The summed E-state index contributed by atoms with van der Waals surface area (Å²) in [5, 5.41) is 2.48. The van der Waals surface area contributed by atoms with Crippen LogP contribution in [0.3, 0.4) is 0 Å². The van der Waals surface area contributed by atoms with Crippen molar-refractivity contribution < 1.29 is 19.1 Å². The van der Waals surface area contributed by atoms with Crippen molar-refractivity contribution in [1.82, 2.24) is 10.2 Å². The maximum absolute atomic E-state index is 11.6. The molecule has 0 spiro atoms. The summed E-state index contributed by atoms with van der Waals surface area (Å²) < 4.78 is 9.79. The fourth-order valence-corrected chi connectivity index (χ4v) is 1.58. The highest BCUT2D eigenvalue weighted by atomic mass is 16.7. The lowest BCUT2D eigenvalue weighted by molar-refractivity contribution is -0.147. The molecule has 1 rings (SSSR count). The van der Waals surface area contributed by atoms with Gasteiger partial charge in [-0.3, -0.25) is 9.59 Å². The molecule has 0 saturated carbocycles. The first-order valence-corrected chi connectivity index (χ1v) is 5.31. The minimum absolute atomic E-state index is 0.172. The number of nitrogens with one attached hydrogen (secondary N) is 1. The lowest BCUT2D eigenvalue weighted by atomic mass is 10.4. The molecule has 1 heterocycles. The third-order valence-electron chi connectivity index (χ3n) is 2.54. The number of amides is 2. The zero-order valence-corrected chi connectivity index (χ0v) is 9.69. The fraction of sp³-hybridized carbons (Fsp3) is 0.800. The van der Waals surface area contributed by atoms with Gasteiger partial charge in [0, 0.05) is 27.3 Å². The zero-order chi connectivity index (χ0) is 12.0. The van der Waals surface area contributed by atoms with Crippen LogP contribution in [-0.4, -0.2) is 56.9 Å². The monoisotopic (exact) mass is 230 g/mol. The second-order valence-corrected chi connectivity index (χ2v) is 3.61. The number of carbonyl (C=O) groups excluding carboxylic acids is 2. The van der Waals surface area contributed by atoms with Crippen LogP contribution >= 0.6 is 0 Å². The molecule has 92 valence electrons. The maximum atomic E-state index is 11.6. The topological polar surface area (TPSA) is 67.9 Å². The van der Waals surface area contributed by atoms with E-state index < -0.39 is 18.1 Å². The van der Waals surface area contributed by atoms with E-state index in [-0.39, 0.29) is 6.54 Å². The first-order valence-electron chi connectivity index (χ1n) is 5.31. The third-order valence-corrected chi connectivity index (χ3v) is 2.54. The summed E-state index contributed by atoms with van der Waals surface area (Å²) in [6.07, 6.45) is 1.42. The van der Waals surface area contributed by atoms with E-state index in [2.05, 4.69) is 5.32 Å². The van der Waals surface area contributed by atoms with Crippen LogP contribution in [0.25, 0.3) is 0 Å². The molecule has 1 aliphatic heterocycles. The van der Waals surface area contributed by atoms with Crippen molar-refractivity contribution in [2.45, 2.75) is 19.1 Å². The van der Waals surface area contributed by atoms with Gasteiger partial charge in [0.05, 0.1) is 6.54 Å². The van der Waals surface area contributed by atoms with Gasteiger partial charge in [0.25, 0.3) is 0 Å². The van der Waals surface area contributed by atoms with E-state index in [4.69, 9.17) is 9.47 Å². The van der Waals surface area contributed by atoms with Gasteiger partial charge < -0.3 is 19.7 Å². The van der Waals surface area contributed by atoms with Crippen molar-refractivity contribution >= 4 is 11.8 Å². The lowest BCUT2D eigenvalue weighted by Crippen LogP contribution is -2.44. The Kier molecular flexibility index (Phi) is 5.21. The number of likely N-dealkylation sites (tertiary alicyclic amines) is 1. The molecule has 1 saturated heterocycles. The molecule has 0 aromatic rings. The first-order chi connectivity index (χ1) is 7.69. The Morgan fingerprint density at radius 1 is 1.25 bits per heavy atom. The van der Waals surface area contributed by atoms with Crippen LogP contribution < -0.4 is 5.32 Å². The quantitative estimate of drug-likeness (QED) is 0.514. The minimum atomic E-state index is -0.596. The second kappa shape index (κ2) is 6.44. The standard InChI is InChI=1S/C10H18N2O4/c1-15-8(16-2)7-11-9(13)10(14)12-5-3-4-6-12/h8H,3-7H2,1-2H3,(H,11,13). The van der Waals surface area contributed by atoms with E-state index in [9.17, 15) is 9.59 Å². The number of ether oxygens (including phenoxy) is 2. The highest BCUT2D eigenvalue weighted by Gasteiger charge is 2.24. The van der Waals surface area contributed by atoms with Crippen LogP contribution in [-0.2, 0) is 19.1 Å². The number of nitrogens with zero attached hydrogens (tertiary/aromatic N) is 1. The Hall–Kier alpha value is -1.14. The molecule has 0 unspecified atom stereocenters. The van der Waals surface area contributed by atoms with E-state index in [1.165, 1.54) is 14.2 Å². The Balaban J connectivity index is 2.31. The van der Waals surface area contributed by atoms with Gasteiger partial charge in [-0.05, 0) is 12.8 Å². The molecule has 0 atom stereocenters. The first kappa shape index (κ1) is 12.9. The zero-order valence-electron chi connectivity index (χ0n) is 9.69. The van der Waals surface area contributed by atoms with Crippen LogP contribution in [0.4, 0.5) is 0 Å². The molecule has 0 radical (unpaired) electrons. The number of hydrogen-bond acceptors (Lipinski definition) is 4. The van der Waals surface area contributed by atoms with E-state index in [1.54, 1.807) is 4.90 Å². The van der Waals surface area contributed by atoms with E-state index in [1.807, 2.05) is 0 Å². The molecule has 0 bridgehead atoms. The molecule has 0 aromatic heterocycles. The average molecular weight is 230 g/mol. The number of carbonyl (C=O) groups is 2. The Morgan fingerprint density at radius 3 is 2.31 bits per heavy atom. The number of rotatable bonds is 4. The molecular weight excluding hydrogens is 212 g/mol. The van der Waals surface area contributed by atoms with Gasteiger partial charge in [-0.25, -0.2) is 0 Å². The summed E-state index contributed by atoms with van der Waals surface area (Å²) in [7, 11) is 2.95. The van der Waals surface area contributed by atoms with Crippen molar-refractivity contribution in [2.24, 2.45) is 0 Å². The summed E-state index contributed by atoms with van der Waals surface area (Å²) >= 11 is 0. The smallest absolute Gasteiger partial charge is 0.311 e. The van der Waals surface area contributed by atoms with E-state index >= 15 is 0 Å². The van der Waals surface area contributed by atoms with Gasteiger partial charge >= 0.3 is 11.8 Å². The van der Waals surface area contributed by atoms with Crippen molar-refractivity contribution in [3.8, 4) is 0 Å². The fourth-order valence-electron chi connectivity index (χ4n) is 1.58. The maximum Gasteiger partial charge on any atom is 0.311 e. The van der Waals surface area contributed by atoms with Crippen molar-refractivity contribution in [3.63, 3.8) is 0 Å². The van der Waals surface area contributed by atoms with Gasteiger partial charge in [-0.15, -0.1) is 0 Å². The minimum Gasteiger partial charge on any atom is -0.354 e. The molecule has 2 amide bonds. The summed E-state index contributed by atoms with van der Waals surface area (Å²) in [5.74, 6) is -1.07. The predicted octanol–water partition coefficient (Wildman–Crippen LogP) is -0.656. The molecule has 1 fully saturated rings. The molecular formula is C10H18N2O4. The Labute approximate surface area is 94.9 Å². The molecule has 6 nitrogen and oxygen atoms in total. The Bertz CT molecular complexity index is 247. The predicted molar refractivity (Wildman–Crippen MR) is 56.6 cm³/mol. The third kappa shape index (κ3) is 3.46. The molecule has 0 aromatic carbocycles. The molecule has 1 aliphatic rings. The number of methoxy groups -OCH3 is 2. The van der Waals surface area contributed by atoms with Gasteiger partial charge in [0.15, 0.2) is 6.29 Å².